The highest BCUT2D eigenvalue weighted by Gasteiger charge is 2.30. The molecular formula is C21H31ClN2O4. The maximum absolute atomic E-state index is 13.2. The van der Waals surface area contributed by atoms with Crippen molar-refractivity contribution in [1.82, 2.24) is 10.2 Å². The Bertz CT molecular complexity index is 658. The molecule has 0 bridgehead atoms. The molecule has 7 heteroatoms. The van der Waals surface area contributed by atoms with Crippen LogP contribution in [0.25, 0.3) is 0 Å². The average Bonchev–Trinajstić information content (AvgIpc) is 3.15. The number of nitrogens with zero attached hydrogens (tertiary/aromatic N) is 1. The number of carbonyl (C=O) groups is 1. The van der Waals surface area contributed by atoms with Crippen molar-refractivity contribution >= 4 is 18.3 Å². The van der Waals surface area contributed by atoms with Crippen LogP contribution in [0.15, 0.2) is 18.2 Å². The van der Waals surface area contributed by atoms with Gasteiger partial charge in [-0.1, -0.05) is 13.0 Å². The van der Waals surface area contributed by atoms with Gasteiger partial charge < -0.3 is 24.4 Å². The van der Waals surface area contributed by atoms with E-state index in [2.05, 4.69) is 17.1 Å². The van der Waals surface area contributed by atoms with E-state index in [4.69, 9.17) is 14.2 Å². The van der Waals surface area contributed by atoms with Gasteiger partial charge in [-0.05, 0) is 49.3 Å². The molecule has 0 radical (unpaired) electrons. The summed E-state index contributed by atoms with van der Waals surface area (Å²) in [5.41, 5.74) is 1.10. The molecule has 0 aromatic heterocycles. The minimum Gasteiger partial charge on any atom is -0.454 e. The Morgan fingerprint density at radius 1 is 1.18 bits per heavy atom. The first-order chi connectivity index (χ1) is 13.2. The first kappa shape index (κ1) is 21.2. The number of morpholine rings is 1. The third-order valence-electron chi connectivity index (χ3n) is 5.96. The third kappa shape index (κ3) is 5.10. The summed E-state index contributed by atoms with van der Waals surface area (Å²) in [6.45, 7) is 5.37. The molecule has 1 aromatic carbocycles. The van der Waals surface area contributed by atoms with Gasteiger partial charge in [-0.3, -0.25) is 4.79 Å². The van der Waals surface area contributed by atoms with Gasteiger partial charge in [-0.25, -0.2) is 0 Å². The smallest absolute Gasteiger partial charge is 0.231 e. The van der Waals surface area contributed by atoms with Gasteiger partial charge in [-0.15, -0.1) is 12.4 Å². The number of benzene rings is 1. The maximum atomic E-state index is 13.2. The van der Waals surface area contributed by atoms with E-state index in [1.807, 2.05) is 18.2 Å². The highest BCUT2D eigenvalue weighted by molar-refractivity contribution is 5.85. The molecule has 1 aromatic rings. The van der Waals surface area contributed by atoms with Gasteiger partial charge in [0.1, 0.15) is 0 Å². The Kier molecular flexibility index (Phi) is 7.43. The van der Waals surface area contributed by atoms with Gasteiger partial charge in [-0.2, -0.15) is 0 Å². The van der Waals surface area contributed by atoms with Crippen molar-refractivity contribution in [1.29, 1.82) is 0 Å². The van der Waals surface area contributed by atoms with Crippen LogP contribution in [0.2, 0.25) is 0 Å². The number of rotatable bonds is 5. The quantitative estimate of drug-likeness (QED) is 0.808. The Balaban J connectivity index is 0.00000225. The number of hydrogen-bond acceptors (Lipinski definition) is 5. The fourth-order valence-corrected chi connectivity index (χ4v) is 4.29. The summed E-state index contributed by atoms with van der Waals surface area (Å²) in [4.78, 5) is 15.3. The summed E-state index contributed by atoms with van der Waals surface area (Å²) in [5.74, 6) is 2.54. The summed E-state index contributed by atoms with van der Waals surface area (Å²) in [6.07, 6.45) is 5.06. The van der Waals surface area contributed by atoms with Crippen LogP contribution >= 0.6 is 12.4 Å². The van der Waals surface area contributed by atoms with Crippen LogP contribution in [-0.4, -0.2) is 49.4 Å². The van der Waals surface area contributed by atoms with Crippen LogP contribution in [-0.2, 0) is 16.1 Å². The summed E-state index contributed by atoms with van der Waals surface area (Å²) < 4.78 is 16.4. The Morgan fingerprint density at radius 3 is 2.71 bits per heavy atom. The summed E-state index contributed by atoms with van der Waals surface area (Å²) in [6, 6.07) is 6.44. The lowest BCUT2D eigenvalue weighted by molar-refractivity contribution is -0.136. The summed E-state index contributed by atoms with van der Waals surface area (Å²) in [7, 11) is 0. The van der Waals surface area contributed by atoms with E-state index in [1.165, 1.54) is 12.8 Å². The normalized spacial score (nSPS) is 26.4. The van der Waals surface area contributed by atoms with Crippen LogP contribution in [0.4, 0.5) is 0 Å². The molecule has 3 aliphatic rings. The number of nitrogens with one attached hydrogen (secondary N) is 1. The highest BCUT2D eigenvalue weighted by Crippen LogP contribution is 2.34. The SMILES string of the molecule is CC1CCC(N(Cc2ccc3c(c2)OCO3)C(=O)CC2COCCN2)CC1.Cl. The number of hydrogen-bond donors (Lipinski definition) is 1. The van der Waals surface area contributed by atoms with E-state index in [-0.39, 0.29) is 31.1 Å². The van der Waals surface area contributed by atoms with Crippen molar-refractivity contribution in [3.8, 4) is 11.5 Å². The highest BCUT2D eigenvalue weighted by atomic mass is 35.5. The lowest BCUT2D eigenvalue weighted by atomic mass is 9.86. The molecular weight excluding hydrogens is 380 g/mol. The largest absolute Gasteiger partial charge is 0.454 e. The van der Waals surface area contributed by atoms with E-state index in [0.717, 1.165) is 49.0 Å². The van der Waals surface area contributed by atoms with Gasteiger partial charge in [0.25, 0.3) is 0 Å². The Morgan fingerprint density at radius 2 is 1.96 bits per heavy atom. The van der Waals surface area contributed by atoms with Gasteiger partial charge in [0.15, 0.2) is 11.5 Å². The molecule has 1 amide bonds. The van der Waals surface area contributed by atoms with E-state index in [9.17, 15) is 4.79 Å². The molecule has 4 rings (SSSR count). The van der Waals surface area contributed by atoms with E-state index >= 15 is 0 Å². The van der Waals surface area contributed by atoms with Crippen molar-refractivity contribution in [3.63, 3.8) is 0 Å². The molecule has 1 saturated heterocycles. The van der Waals surface area contributed by atoms with Crippen LogP contribution in [0.3, 0.4) is 0 Å². The van der Waals surface area contributed by atoms with Crippen molar-refractivity contribution in [2.24, 2.45) is 5.92 Å². The number of fused-ring (bicyclic) bond motifs is 1. The maximum Gasteiger partial charge on any atom is 0.231 e. The van der Waals surface area contributed by atoms with Crippen molar-refractivity contribution in [2.75, 3.05) is 26.6 Å². The molecule has 0 spiro atoms. The van der Waals surface area contributed by atoms with Crippen LogP contribution in [0.1, 0.15) is 44.6 Å². The number of ether oxygens (including phenoxy) is 3. The average molecular weight is 411 g/mol. The van der Waals surface area contributed by atoms with Gasteiger partial charge in [0.2, 0.25) is 12.7 Å². The predicted molar refractivity (Wildman–Crippen MR) is 109 cm³/mol. The van der Waals surface area contributed by atoms with Gasteiger partial charge in [0.05, 0.1) is 13.2 Å². The second-order valence-corrected chi connectivity index (χ2v) is 8.05. The second-order valence-electron chi connectivity index (χ2n) is 8.05. The first-order valence-electron chi connectivity index (χ1n) is 10.2. The topological polar surface area (TPSA) is 60.0 Å². The molecule has 28 heavy (non-hydrogen) atoms. The predicted octanol–water partition coefficient (Wildman–Crippen LogP) is 3.12. The van der Waals surface area contributed by atoms with Gasteiger partial charge in [0, 0.05) is 31.6 Å². The number of amides is 1. The van der Waals surface area contributed by atoms with Crippen molar-refractivity contribution in [3.05, 3.63) is 23.8 Å². The summed E-state index contributed by atoms with van der Waals surface area (Å²) in [5, 5.41) is 3.40. The molecule has 2 fully saturated rings. The molecule has 6 nitrogen and oxygen atoms in total. The lowest BCUT2D eigenvalue weighted by Gasteiger charge is -2.37. The molecule has 1 atom stereocenters. The Labute approximate surface area is 173 Å². The van der Waals surface area contributed by atoms with Crippen molar-refractivity contribution < 1.29 is 19.0 Å². The van der Waals surface area contributed by atoms with E-state index in [1.54, 1.807) is 0 Å². The zero-order valence-electron chi connectivity index (χ0n) is 16.5. The zero-order chi connectivity index (χ0) is 18.6. The number of halogens is 1. The zero-order valence-corrected chi connectivity index (χ0v) is 17.3. The minimum atomic E-state index is 0. The van der Waals surface area contributed by atoms with Crippen LogP contribution in [0.5, 0.6) is 11.5 Å². The molecule has 156 valence electrons. The monoisotopic (exact) mass is 410 g/mol. The minimum absolute atomic E-state index is 0. The molecule has 1 saturated carbocycles. The van der Waals surface area contributed by atoms with Crippen LogP contribution in [0, 0.1) is 5.92 Å². The second kappa shape index (κ2) is 9.81. The van der Waals surface area contributed by atoms with Gasteiger partial charge >= 0.3 is 0 Å². The molecule has 1 unspecified atom stereocenters. The van der Waals surface area contributed by atoms with E-state index in [0.29, 0.717) is 25.6 Å². The molecule has 2 heterocycles. The standard InChI is InChI=1S/C21H30N2O4.ClH/c1-15-2-5-18(6-3-15)23(21(24)11-17-13-25-9-8-22-17)12-16-4-7-19-20(10-16)27-14-26-19;/h4,7,10,15,17-18,22H,2-3,5-6,8-9,11-14H2,1H3;1H. The fraction of sp³-hybridized carbons (Fsp3) is 0.667. The molecule has 2 aliphatic heterocycles. The fourth-order valence-electron chi connectivity index (χ4n) is 4.29. The lowest BCUT2D eigenvalue weighted by Crippen LogP contribution is -2.47. The molecule has 1 aliphatic carbocycles. The molecule has 1 N–H and O–H groups in total. The van der Waals surface area contributed by atoms with Crippen molar-refractivity contribution in [2.45, 2.75) is 57.7 Å². The number of carbonyl (C=O) groups excluding carboxylic acids is 1. The Hall–Kier alpha value is -1.50. The first-order valence-corrected chi connectivity index (χ1v) is 10.2. The van der Waals surface area contributed by atoms with Crippen LogP contribution < -0.4 is 14.8 Å². The summed E-state index contributed by atoms with van der Waals surface area (Å²) >= 11 is 0. The van der Waals surface area contributed by atoms with E-state index < -0.39 is 0 Å². The third-order valence-corrected chi connectivity index (χ3v) is 5.96.